The molecular weight excluding hydrogens is 184 g/mol. The third-order valence-corrected chi connectivity index (χ3v) is 2.20. The Morgan fingerprint density at radius 3 is 3.14 bits per heavy atom. The van der Waals surface area contributed by atoms with Crippen LogP contribution in [-0.2, 0) is 14.3 Å². The number of hydrogen-bond acceptors (Lipinski definition) is 4. The van der Waals surface area contributed by atoms with Crippen LogP contribution >= 0.6 is 0 Å². The van der Waals surface area contributed by atoms with E-state index in [0.29, 0.717) is 19.8 Å². The molecule has 0 radical (unpaired) electrons. The fraction of sp³-hybridized carbons (Fsp3) is 0.889. The minimum atomic E-state index is -0.236. The number of methoxy groups -OCH3 is 1. The Hall–Kier alpha value is -0.650. The van der Waals surface area contributed by atoms with Crippen molar-refractivity contribution in [2.75, 3.05) is 33.4 Å². The monoisotopic (exact) mass is 202 g/mol. The van der Waals surface area contributed by atoms with Crippen LogP contribution in [0.1, 0.15) is 6.92 Å². The molecule has 5 heteroatoms. The van der Waals surface area contributed by atoms with Crippen molar-refractivity contribution in [2.45, 2.75) is 19.1 Å². The van der Waals surface area contributed by atoms with Gasteiger partial charge in [-0.05, 0) is 6.92 Å². The molecule has 1 fully saturated rings. The molecular formula is C9H18N2O3. The molecule has 0 aromatic rings. The van der Waals surface area contributed by atoms with Gasteiger partial charge in [0, 0.05) is 20.2 Å². The number of rotatable bonds is 4. The molecule has 0 aromatic carbocycles. The first-order valence-electron chi connectivity index (χ1n) is 4.87. The van der Waals surface area contributed by atoms with Crippen molar-refractivity contribution in [3.05, 3.63) is 0 Å². The van der Waals surface area contributed by atoms with E-state index in [9.17, 15) is 4.79 Å². The summed E-state index contributed by atoms with van der Waals surface area (Å²) in [5.74, 6) is -0.0192. The zero-order chi connectivity index (χ0) is 10.4. The van der Waals surface area contributed by atoms with Gasteiger partial charge in [-0.1, -0.05) is 0 Å². The lowest BCUT2D eigenvalue weighted by atomic mass is 10.1. The maximum Gasteiger partial charge on any atom is 0.239 e. The molecule has 2 atom stereocenters. The summed E-state index contributed by atoms with van der Waals surface area (Å²) in [5, 5.41) is 5.89. The Balaban J connectivity index is 2.27. The van der Waals surface area contributed by atoms with Gasteiger partial charge in [0.05, 0.1) is 19.3 Å². The van der Waals surface area contributed by atoms with Crippen molar-refractivity contribution in [1.29, 1.82) is 0 Å². The molecule has 1 rings (SSSR count). The standard InChI is InChI=1S/C9H18N2O3/c1-7-8(10-4-6-14-7)9(12)11-3-5-13-2/h7-8,10H,3-6H2,1-2H3,(H,11,12)/t7-,8+/m1/s1. The average Bonchev–Trinajstić information content (AvgIpc) is 2.18. The Kier molecular flexibility index (Phi) is 4.86. The average molecular weight is 202 g/mol. The predicted octanol–water partition coefficient (Wildman–Crippen LogP) is -0.874. The lowest BCUT2D eigenvalue weighted by Gasteiger charge is -2.29. The second-order valence-electron chi connectivity index (χ2n) is 3.29. The highest BCUT2D eigenvalue weighted by Crippen LogP contribution is 2.03. The van der Waals surface area contributed by atoms with E-state index in [1.54, 1.807) is 7.11 Å². The van der Waals surface area contributed by atoms with E-state index in [2.05, 4.69) is 10.6 Å². The highest BCUT2D eigenvalue weighted by molar-refractivity contribution is 5.82. The first kappa shape index (κ1) is 11.4. The van der Waals surface area contributed by atoms with Crippen LogP contribution < -0.4 is 10.6 Å². The summed E-state index contributed by atoms with van der Waals surface area (Å²) in [6.07, 6.45) is -0.0636. The third kappa shape index (κ3) is 3.25. The summed E-state index contributed by atoms with van der Waals surface area (Å²) in [4.78, 5) is 11.6. The smallest absolute Gasteiger partial charge is 0.239 e. The van der Waals surface area contributed by atoms with Crippen LogP contribution in [0.3, 0.4) is 0 Å². The first-order chi connectivity index (χ1) is 6.75. The Labute approximate surface area is 84.1 Å². The predicted molar refractivity (Wildman–Crippen MR) is 52.1 cm³/mol. The minimum absolute atomic E-state index is 0.0192. The topological polar surface area (TPSA) is 59.6 Å². The van der Waals surface area contributed by atoms with Crippen LogP contribution in [0.25, 0.3) is 0 Å². The first-order valence-corrected chi connectivity index (χ1v) is 4.87. The molecule has 0 aromatic heterocycles. The van der Waals surface area contributed by atoms with Gasteiger partial charge in [0.1, 0.15) is 6.04 Å². The molecule has 82 valence electrons. The third-order valence-electron chi connectivity index (χ3n) is 2.20. The molecule has 0 aliphatic carbocycles. The van der Waals surface area contributed by atoms with Crippen LogP contribution in [0.5, 0.6) is 0 Å². The van der Waals surface area contributed by atoms with E-state index in [1.807, 2.05) is 6.92 Å². The van der Waals surface area contributed by atoms with Crippen LogP contribution in [0.4, 0.5) is 0 Å². The van der Waals surface area contributed by atoms with Crippen molar-refractivity contribution >= 4 is 5.91 Å². The van der Waals surface area contributed by atoms with Crippen molar-refractivity contribution in [1.82, 2.24) is 10.6 Å². The van der Waals surface area contributed by atoms with E-state index < -0.39 is 0 Å². The molecule has 0 unspecified atom stereocenters. The number of carbonyl (C=O) groups excluding carboxylic acids is 1. The number of ether oxygens (including phenoxy) is 2. The second-order valence-corrected chi connectivity index (χ2v) is 3.29. The molecule has 5 nitrogen and oxygen atoms in total. The maximum absolute atomic E-state index is 11.6. The zero-order valence-electron chi connectivity index (χ0n) is 8.71. The van der Waals surface area contributed by atoms with E-state index in [1.165, 1.54) is 0 Å². The van der Waals surface area contributed by atoms with Crippen LogP contribution in [-0.4, -0.2) is 51.5 Å². The van der Waals surface area contributed by atoms with Gasteiger partial charge in [-0.3, -0.25) is 4.79 Å². The lowest BCUT2D eigenvalue weighted by Crippen LogP contribution is -2.55. The van der Waals surface area contributed by atoms with Gasteiger partial charge in [-0.15, -0.1) is 0 Å². The minimum Gasteiger partial charge on any atom is -0.383 e. The van der Waals surface area contributed by atoms with Crippen LogP contribution in [0.2, 0.25) is 0 Å². The molecule has 1 heterocycles. The summed E-state index contributed by atoms with van der Waals surface area (Å²) < 4.78 is 10.2. The van der Waals surface area contributed by atoms with Gasteiger partial charge >= 0.3 is 0 Å². The van der Waals surface area contributed by atoms with E-state index in [4.69, 9.17) is 9.47 Å². The number of amides is 1. The van der Waals surface area contributed by atoms with E-state index in [0.717, 1.165) is 6.54 Å². The number of morpholine rings is 1. The van der Waals surface area contributed by atoms with Gasteiger partial charge in [0.15, 0.2) is 0 Å². The SMILES string of the molecule is COCCNC(=O)[C@H]1NCCO[C@@H]1C. The maximum atomic E-state index is 11.6. The largest absolute Gasteiger partial charge is 0.383 e. The van der Waals surface area contributed by atoms with Crippen LogP contribution in [0.15, 0.2) is 0 Å². The number of hydrogen-bond donors (Lipinski definition) is 2. The molecule has 0 spiro atoms. The zero-order valence-corrected chi connectivity index (χ0v) is 8.71. The summed E-state index contributed by atoms with van der Waals surface area (Å²) in [7, 11) is 1.61. The van der Waals surface area contributed by atoms with Gasteiger partial charge in [0.2, 0.25) is 5.91 Å². The summed E-state index contributed by atoms with van der Waals surface area (Å²) in [6, 6.07) is -0.236. The summed E-state index contributed by atoms with van der Waals surface area (Å²) in [6.45, 7) is 4.37. The Morgan fingerprint density at radius 1 is 1.71 bits per heavy atom. The number of carbonyl (C=O) groups is 1. The van der Waals surface area contributed by atoms with Gasteiger partial charge in [-0.2, -0.15) is 0 Å². The van der Waals surface area contributed by atoms with Gasteiger partial charge in [0.25, 0.3) is 0 Å². The summed E-state index contributed by atoms with van der Waals surface area (Å²) >= 11 is 0. The van der Waals surface area contributed by atoms with Crippen molar-refractivity contribution in [3.8, 4) is 0 Å². The van der Waals surface area contributed by atoms with Crippen molar-refractivity contribution in [3.63, 3.8) is 0 Å². The highest BCUT2D eigenvalue weighted by atomic mass is 16.5. The highest BCUT2D eigenvalue weighted by Gasteiger charge is 2.27. The fourth-order valence-corrected chi connectivity index (χ4v) is 1.41. The van der Waals surface area contributed by atoms with E-state index in [-0.39, 0.29) is 18.1 Å². The molecule has 1 amide bonds. The summed E-state index contributed by atoms with van der Waals surface area (Å²) in [5.41, 5.74) is 0. The van der Waals surface area contributed by atoms with Crippen LogP contribution in [0, 0.1) is 0 Å². The van der Waals surface area contributed by atoms with Gasteiger partial charge in [-0.25, -0.2) is 0 Å². The molecule has 0 bridgehead atoms. The molecule has 2 N–H and O–H groups in total. The molecule has 1 saturated heterocycles. The second kappa shape index (κ2) is 5.95. The molecule has 1 aliphatic heterocycles. The molecule has 1 aliphatic rings. The van der Waals surface area contributed by atoms with Crippen molar-refractivity contribution in [2.24, 2.45) is 0 Å². The van der Waals surface area contributed by atoms with E-state index >= 15 is 0 Å². The quantitative estimate of drug-likeness (QED) is 0.582. The lowest BCUT2D eigenvalue weighted by molar-refractivity contribution is -0.129. The molecule has 0 saturated carbocycles. The molecule has 14 heavy (non-hydrogen) atoms. The Bertz CT molecular complexity index is 187. The normalized spacial score (nSPS) is 27.3. The van der Waals surface area contributed by atoms with Gasteiger partial charge < -0.3 is 20.1 Å². The fourth-order valence-electron chi connectivity index (χ4n) is 1.41. The number of nitrogens with one attached hydrogen (secondary N) is 2. The Morgan fingerprint density at radius 2 is 2.50 bits per heavy atom. The van der Waals surface area contributed by atoms with Crippen molar-refractivity contribution < 1.29 is 14.3 Å².